The first-order chi connectivity index (χ1) is 17.8. The number of benzene rings is 2. The van der Waals surface area contributed by atoms with Crippen LogP contribution in [-0.2, 0) is 11.3 Å². The van der Waals surface area contributed by atoms with E-state index < -0.39 is 0 Å². The molecule has 4 rings (SSSR count). The summed E-state index contributed by atoms with van der Waals surface area (Å²) in [4.78, 5) is 19.5. The largest absolute Gasteiger partial charge is 0.497 e. The number of hydrogen-bond acceptors (Lipinski definition) is 6. The predicted molar refractivity (Wildman–Crippen MR) is 145 cm³/mol. The fourth-order valence-electron chi connectivity index (χ4n) is 4.89. The van der Waals surface area contributed by atoms with Gasteiger partial charge in [0.25, 0.3) is 0 Å². The number of nitrogens with zero attached hydrogens (tertiary/aromatic N) is 3. The number of carbonyl (C=O) groups excluding carboxylic acids is 1. The van der Waals surface area contributed by atoms with Crippen molar-refractivity contribution in [3.05, 3.63) is 78.0 Å². The SMILES string of the molecule is CC[N+](C)(Cc1ccc(Oc2ccc(OC)cc2)cc1)C1CCN(c2ncccc2C(=O)OC(C)C)C1. The topological polar surface area (TPSA) is 60.9 Å². The van der Waals surface area contributed by atoms with Crippen molar-refractivity contribution in [3.63, 3.8) is 0 Å². The molecule has 0 bridgehead atoms. The molecule has 0 amide bonds. The summed E-state index contributed by atoms with van der Waals surface area (Å²) in [6.07, 6.45) is 2.62. The molecule has 7 nitrogen and oxygen atoms in total. The third kappa shape index (κ3) is 6.41. The van der Waals surface area contributed by atoms with Gasteiger partial charge in [0.05, 0.1) is 33.4 Å². The van der Waals surface area contributed by atoms with Crippen molar-refractivity contribution in [1.82, 2.24) is 4.98 Å². The third-order valence-corrected chi connectivity index (χ3v) is 7.18. The van der Waals surface area contributed by atoms with E-state index in [1.807, 2.05) is 56.3 Å². The van der Waals surface area contributed by atoms with E-state index in [1.54, 1.807) is 19.4 Å². The average Bonchev–Trinajstić information content (AvgIpc) is 3.41. The molecular weight excluding hydrogens is 466 g/mol. The maximum Gasteiger partial charge on any atom is 0.342 e. The summed E-state index contributed by atoms with van der Waals surface area (Å²) < 4.78 is 17.6. The zero-order valence-corrected chi connectivity index (χ0v) is 22.5. The molecule has 2 unspecified atom stereocenters. The fourth-order valence-corrected chi connectivity index (χ4v) is 4.89. The van der Waals surface area contributed by atoms with Crippen molar-refractivity contribution in [2.75, 3.05) is 38.7 Å². The Bertz CT molecular complexity index is 1180. The number of pyridine rings is 1. The van der Waals surface area contributed by atoms with E-state index in [2.05, 4.69) is 36.0 Å². The fraction of sp³-hybridized carbons (Fsp3) is 0.400. The van der Waals surface area contributed by atoms with Gasteiger partial charge in [0.1, 0.15) is 41.2 Å². The highest BCUT2D eigenvalue weighted by Gasteiger charge is 2.38. The molecule has 0 N–H and O–H groups in total. The first-order valence-corrected chi connectivity index (χ1v) is 13.0. The molecule has 1 fully saturated rings. The Morgan fingerprint density at radius 3 is 2.32 bits per heavy atom. The van der Waals surface area contributed by atoms with Crippen LogP contribution in [0.2, 0.25) is 0 Å². The van der Waals surface area contributed by atoms with Gasteiger partial charge < -0.3 is 23.6 Å². The second-order valence-corrected chi connectivity index (χ2v) is 10.1. The lowest BCUT2D eigenvalue weighted by Crippen LogP contribution is -2.52. The van der Waals surface area contributed by atoms with Gasteiger partial charge >= 0.3 is 5.97 Å². The molecule has 3 aromatic rings. The molecular formula is C30H38N3O4+. The van der Waals surface area contributed by atoms with E-state index in [4.69, 9.17) is 14.2 Å². The number of quaternary nitrogens is 1. The Morgan fingerprint density at radius 2 is 1.70 bits per heavy atom. The Balaban J connectivity index is 1.42. The summed E-state index contributed by atoms with van der Waals surface area (Å²) >= 11 is 0. The molecule has 0 aliphatic carbocycles. The van der Waals surface area contributed by atoms with Crippen LogP contribution in [0.25, 0.3) is 0 Å². The second-order valence-electron chi connectivity index (χ2n) is 10.1. The first-order valence-electron chi connectivity index (χ1n) is 13.0. The number of ether oxygens (including phenoxy) is 3. The smallest absolute Gasteiger partial charge is 0.342 e. The highest BCUT2D eigenvalue weighted by molar-refractivity contribution is 5.94. The van der Waals surface area contributed by atoms with Crippen LogP contribution in [0.5, 0.6) is 17.2 Å². The quantitative estimate of drug-likeness (QED) is 0.261. The van der Waals surface area contributed by atoms with E-state index in [0.29, 0.717) is 11.6 Å². The maximum atomic E-state index is 12.7. The third-order valence-electron chi connectivity index (χ3n) is 7.18. The number of hydrogen-bond donors (Lipinski definition) is 0. The minimum absolute atomic E-state index is 0.167. The molecule has 0 saturated carbocycles. The Morgan fingerprint density at radius 1 is 1.05 bits per heavy atom. The van der Waals surface area contributed by atoms with Crippen molar-refractivity contribution in [1.29, 1.82) is 0 Å². The molecule has 1 aliphatic heterocycles. The van der Waals surface area contributed by atoms with E-state index in [1.165, 1.54) is 5.56 Å². The Hall–Kier alpha value is -3.58. The van der Waals surface area contributed by atoms with Crippen molar-refractivity contribution in [2.45, 2.75) is 45.9 Å². The first kappa shape index (κ1) is 26.5. The minimum atomic E-state index is -0.314. The van der Waals surface area contributed by atoms with Crippen LogP contribution in [0.4, 0.5) is 5.82 Å². The molecule has 0 radical (unpaired) electrons. The second kappa shape index (κ2) is 11.6. The van der Waals surface area contributed by atoms with E-state index in [9.17, 15) is 4.79 Å². The Labute approximate surface area is 220 Å². The molecule has 1 aromatic heterocycles. The average molecular weight is 505 g/mol. The number of aromatic nitrogens is 1. The van der Waals surface area contributed by atoms with Crippen LogP contribution in [0.1, 0.15) is 43.1 Å². The molecule has 2 heterocycles. The van der Waals surface area contributed by atoms with Gasteiger partial charge in [0.15, 0.2) is 0 Å². The number of rotatable bonds is 10. The van der Waals surface area contributed by atoms with Crippen LogP contribution in [-0.4, -0.2) is 61.4 Å². The molecule has 7 heteroatoms. The molecule has 1 aliphatic rings. The molecule has 0 spiro atoms. The van der Waals surface area contributed by atoms with E-state index in [0.717, 1.165) is 60.1 Å². The van der Waals surface area contributed by atoms with Gasteiger partial charge in [-0.25, -0.2) is 9.78 Å². The molecule has 2 atom stereocenters. The van der Waals surface area contributed by atoms with Crippen LogP contribution in [0.3, 0.4) is 0 Å². The predicted octanol–water partition coefficient (Wildman–Crippen LogP) is 5.69. The summed E-state index contributed by atoms with van der Waals surface area (Å²) in [5.74, 6) is 2.80. The number of likely N-dealkylation sites (N-methyl/N-ethyl adjacent to an activating group) is 1. The lowest BCUT2D eigenvalue weighted by molar-refractivity contribution is -0.942. The van der Waals surface area contributed by atoms with Gasteiger partial charge in [-0.3, -0.25) is 0 Å². The zero-order valence-electron chi connectivity index (χ0n) is 22.5. The van der Waals surface area contributed by atoms with E-state index >= 15 is 0 Å². The summed E-state index contributed by atoms with van der Waals surface area (Å²) in [7, 11) is 3.97. The molecule has 196 valence electrons. The molecule has 1 saturated heterocycles. The van der Waals surface area contributed by atoms with E-state index in [-0.39, 0.29) is 12.1 Å². The summed E-state index contributed by atoms with van der Waals surface area (Å²) in [6, 6.07) is 20.0. The number of carbonyl (C=O) groups is 1. The number of methoxy groups -OCH3 is 1. The van der Waals surface area contributed by atoms with Crippen LogP contribution >= 0.6 is 0 Å². The lowest BCUT2D eigenvalue weighted by atomic mass is 10.1. The summed E-state index contributed by atoms with van der Waals surface area (Å²) in [6.45, 7) is 9.61. The van der Waals surface area contributed by atoms with Gasteiger partial charge in [0, 0.05) is 24.7 Å². The summed E-state index contributed by atoms with van der Waals surface area (Å²) in [5.41, 5.74) is 1.80. The number of anilines is 1. The Kier molecular flexibility index (Phi) is 8.34. The number of esters is 1. The van der Waals surface area contributed by atoms with Gasteiger partial charge in [-0.1, -0.05) is 0 Å². The normalized spacial score (nSPS) is 16.9. The van der Waals surface area contributed by atoms with Crippen LogP contribution in [0, 0.1) is 0 Å². The van der Waals surface area contributed by atoms with Crippen molar-refractivity contribution >= 4 is 11.8 Å². The van der Waals surface area contributed by atoms with Gasteiger partial charge in [-0.15, -0.1) is 0 Å². The lowest BCUT2D eigenvalue weighted by Gasteiger charge is -2.39. The van der Waals surface area contributed by atoms with Crippen LogP contribution in [0.15, 0.2) is 66.9 Å². The van der Waals surface area contributed by atoms with Crippen molar-refractivity contribution in [2.24, 2.45) is 0 Å². The standard InChI is InChI=1S/C30H38N3O4/c1-6-33(4,21-23-9-11-26(12-10-23)37-27-15-13-25(35-5)14-16-27)24-17-19-32(20-24)29-28(8-7-18-31-29)30(34)36-22(2)3/h7-16,18,22,24H,6,17,19-21H2,1-5H3/q+1. The van der Waals surface area contributed by atoms with Crippen molar-refractivity contribution in [3.8, 4) is 17.2 Å². The highest BCUT2D eigenvalue weighted by Crippen LogP contribution is 2.30. The molecule has 2 aromatic carbocycles. The van der Waals surface area contributed by atoms with Gasteiger partial charge in [-0.2, -0.15) is 0 Å². The van der Waals surface area contributed by atoms with Gasteiger partial charge in [-0.05, 0) is 81.4 Å². The minimum Gasteiger partial charge on any atom is -0.497 e. The molecule has 37 heavy (non-hydrogen) atoms. The zero-order chi connectivity index (χ0) is 26.4. The summed E-state index contributed by atoms with van der Waals surface area (Å²) in [5, 5.41) is 0. The van der Waals surface area contributed by atoms with Gasteiger partial charge in [0.2, 0.25) is 0 Å². The monoisotopic (exact) mass is 504 g/mol. The van der Waals surface area contributed by atoms with Crippen molar-refractivity contribution < 1.29 is 23.5 Å². The highest BCUT2D eigenvalue weighted by atomic mass is 16.5. The maximum absolute atomic E-state index is 12.7. The van der Waals surface area contributed by atoms with Crippen LogP contribution < -0.4 is 14.4 Å².